The second-order valence-electron chi connectivity index (χ2n) is 9.85. The van der Waals surface area contributed by atoms with Crippen LogP contribution in [0.4, 0.5) is 10.1 Å². The summed E-state index contributed by atoms with van der Waals surface area (Å²) in [5, 5.41) is 12.1. The van der Waals surface area contributed by atoms with Gasteiger partial charge in [-0.15, -0.1) is 0 Å². The van der Waals surface area contributed by atoms with Crippen LogP contribution in [0.3, 0.4) is 0 Å². The van der Waals surface area contributed by atoms with Crippen LogP contribution in [0.25, 0.3) is 0 Å². The number of fused-ring (bicyclic) bond motifs is 2. The highest BCUT2D eigenvalue weighted by atomic mass is 19.1. The Labute approximate surface area is 195 Å². The summed E-state index contributed by atoms with van der Waals surface area (Å²) in [6.07, 6.45) is 5.67. The molecule has 2 aromatic carbocycles. The van der Waals surface area contributed by atoms with E-state index in [1.54, 1.807) is 13.0 Å². The van der Waals surface area contributed by atoms with Crippen molar-refractivity contribution in [2.24, 2.45) is 0 Å². The van der Waals surface area contributed by atoms with Crippen LogP contribution in [0.5, 0.6) is 0 Å². The fourth-order valence-corrected chi connectivity index (χ4v) is 6.40. The molecule has 1 amide bonds. The third-order valence-corrected chi connectivity index (χ3v) is 8.06. The molecule has 0 radical (unpaired) electrons. The molecule has 1 spiro atoms. The number of carbonyl (C=O) groups is 1. The summed E-state index contributed by atoms with van der Waals surface area (Å²) in [6, 6.07) is 16.2. The SMILES string of the molecule is CC(=O)N[C@H]1CC2(CCC(N3CCN(c4ccc(C#N)c(F)c4)CC3)CC2)c2ccccc21. The molecule has 172 valence electrons. The molecule has 1 saturated heterocycles. The zero-order chi connectivity index (χ0) is 23.0. The Morgan fingerprint density at radius 1 is 1.12 bits per heavy atom. The van der Waals surface area contributed by atoms with E-state index < -0.39 is 5.82 Å². The molecule has 0 bridgehead atoms. The Morgan fingerprint density at radius 3 is 2.52 bits per heavy atom. The van der Waals surface area contributed by atoms with Gasteiger partial charge in [0.05, 0.1) is 11.6 Å². The lowest BCUT2D eigenvalue weighted by atomic mass is 9.68. The van der Waals surface area contributed by atoms with E-state index >= 15 is 0 Å². The molecule has 5 rings (SSSR count). The number of nitrogens with zero attached hydrogens (tertiary/aromatic N) is 3. The number of rotatable bonds is 3. The molecule has 1 heterocycles. The zero-order valence-electron chi connectivity index (χ0n) is 19.2. The van der Waals surface area contributed by atoms with Crippen molar-refractivity contribution in [1.29, 1.82) is 5.26 Å². The number of piperazine rings is 1. The number of anilines is 1. The van der Waals surface area contributed by atoms with Gasteiger partial charge in [0, 0.05) is 44.8 Å². The number of hydrogen-bond donors (Lipinski definition) is 1. The van der Waals surface area contributed by atoms with E-state index in [0.29, 0.717) is 6.04 Å². The normalized spacial score (nSPS) is 27.2. The zero-order valence-corrected chi connectivity index (χ0v) is 19.2. The average Bonchev–Trinajstić information content (AvgIpc) is 3.12. The van der Waals surface area contributed by atoms with Crippen molar-refractivity contribution in [2.75, 3.05) is 31.1 Å². The first-order valence-corrected chi connectivity index (χ1v) is 12.0. The molecular formula is C27H31FN4O. The second kappa shape index (κ2) is 8.79. The molecule has 2 aliphatic carbocycles. The number of carbonyl (C=O) groups excluding carboxylic acids is 1. The molecule has 0 unspecified atom stereocenters. The molecule has 1 N–H and O–H groups in total. The Balaban J connectivity index is 1.21. The largest absolute Gasteiger partial charge is 0.369 e. The van der Waals surface area contributed by atoms with E-state index in [0.717, 1.165) is 51.1 Å². The first-order valence-electron chi connectivity index (χ1n) is 12.0. The number of benzene rings is 2. The molecular weight excluding hydrogens is 415 g/mol. The van der Waals surface area contributed by atoms with Gasteiger partial charge in [-0.05, 0) is 66.8 Å². The molecule has 1 aliphatic heterocycles. The van der Waals surface area contributed by atoms with Crippen molar-refractivity contribution in [3.8, 4) is 6.07 Å². The maximum Gasteiger partial charge on any atom is 0.217 e. The highest BCUT2D eigenvalue weighted by Crippen LogP contribution is 2.53. The lowest BCUT2D eigenvalue weighted by Crippen LogP contribution is -2.52. The van der Waals surface area contributed by atoms with Gasteiger partial charge >= 0.3 is 0 Å². The van der Waals surface area contributed by atoms with Gasteiger partial charge in [-0.1, -0.05) is 24.3 Å². The number of nitrogens with one attached hydrogen (secondary N) is 1. The van der Waals surface area contributed by atoms with Gasteiger partial charge in [-0.3, -0.25) is 9.69 Å². The minimum Gasteiger partial charge on any atom is -0.369 e. The number of amides is 1. The predicted molar refractivity (Wildman–Crippen MR) is 126 cm³/mol. The van der Waals surface area contributed by atoms with Gasteiger partial charge in [-0.25, -0.2) is 4.39 Å². The molecule has 33 heavy (non-hydrogen) atoms. The van der Waals surface area contributed by atoms with Gasteiger partial charge in [0.15, 0.2) is 0 Å². The molecule has 1 atom stereocenters. The maximum atomic E-state index is 14.0. The molecule has 3 aliphatic rings. The monoisotopic (exact) mass is 446 g/mol. The van der Waals surface area contributed by atoms with Crippen LogP contribution in [0, 0.1) is 17.1 Å². The van der Waals surface area contributed by atoms with Crippen molar-refractivity contribution < 1.29 is 9.18 Å². The van der Waals surface area contributed by atoms with Crippen LogP contribution in [0.15, 0.2) is 42.5 Å². The van der Waals surface area contributed by atoms with Gasteiger partial charge in [0.2, 0.25) is 5.91 Å². The van der Waals surface area contributed by atoms with Crippen LogP contribution >= 0.6 is 0 Å². The van der Waals surface area contributed by atoms with E-state index in [1.165, 1.54) is 30.0 Å². The summed E-state index contributed by atoms with van der Waals surface area (Å²) >= 11 is 0. The van der Waals surface area contributed by atoms with Gasteiger partial charge < -0.3 is 10.2 Å². The lowest BCUT2D eigenvalue weighted by Gasteiger charge is -2.45. The van der Waals surface area contributed by atoms with Crippen LogP contribution in [0.1, 0.15) is 61.8 Å². The van der Waals surface area contributed by atoms with E-state index in [2.05, 4.69) is 39.4 Å². The first kappa shape index (κ1) is 21.9. The Kier molecular flexibility index (Phi) is 5.84. The molecule has 5 nitrogen and oxygen atoms in total. The van der Waals surface area contributed by atoms with E-state index in [1.807, 2.05) is 12.1 Å². The van der Waals surface area contributed by atoms with Crippen molar-refractivity contribution in [2.45, 2.75) is 56.5 Å². The van der Waals surface area contributed by atoms with Gasteiger partial charge in [0.1, 0.15) is 11.9 Å². The summed E-state index contributed by atoms with van der Waals surface area (Å²) in [5.41, 5.74) is 3.88. The maximum absolute atomic E-state index is 14.0. The third-order valence-electron chi connectivity index (χ3n) is 8.06. The van der Waals surface area contributed by atoms with E-state index in [4.69, 9.17) is 5.26 Å². The number of halogens is 1. The Bertz CT molecular complexity index is 1080. The molecule has 2 fully saturated rings. The first-order chi connectivity index (χ1) is 16.0. The minimum absolute atomic E-state index is 0.0422. The van der Waals surface area contributed by atoms with Crippen LogP contribution < -0.4 is 10.2 Å². The Morgan fingerprint density at radius 2 is 1.85 bits per heavy atom. The molecule has 2 aromatic rings. The molecule has 0 aromatic heterocycles. The summed E-state index contributed by atoms with van der Waals surface area (Å²) in [5.74, 6) is -0.398. The van der Waals surface area contributed by atoms with Crippen molar-refractivity contribution in [1.82, 2.24) is 10.2 Å². The fraction of sp³-hybridized carbons (Fsp3) is 0.481. The number of nitriles is 1. The van der Waals surface area contributed by atoms with Crippen molar-refractivity contribution in [3.05, 3.63) is 65.0 Å². The van der Waals surface area contributed by atoms with Crippen molar-refractivity contribution in [3.63, 3.8) is 0 Å². The summed E-state index contributed by atoms with van der Waals surface area (Å²) < 4.78 is 14.0. The minimum atomic E-state index is -0.440. The number of hydrogen-bond acceptors (Lipinski definition) is 4. The third kappa shape index (κ3) is 4.11. The lowest BCUT2D eigenvalue weighted by molar-refractivity contribution is -0.119. The average molecular weight is 447 g/mol. The topological polar surface area (TPSA) is 59.4 Å². The van der Waals surface area contributed by atoms with Crippen LogP contribution in [0.2, 0.25) is 0 Å². The highest BCUT2D eigenvalue weighted by Gasteiger charge is 2.46. The molecule has 6 heteroatoms. The van der Waals surface area contributed by atoms with Crippen LogP contribution in [-0.4, -0.2) is 43.0 Å². The van der Waals surface area contributed by atoms with E-state index in [-0.39, 0.29) is 22.9 Å². The summed E-state index contributed by atoms with van der Waals surface area (Å²) in [7, 11) is 0. The van der Waals surface area contributed by atoms with E-state index in [9.17, 15) is 9.18 Å². The fourth-order valence-electron chi connectivity index (χ4n) is 6.40. The molecule has 1 saturated carbocycles. The Hall–Kier alpha value is -2.91. The van der Waals surface area contributed by atoms with Crippen LogP contribution in [-0.2, 0) is 10.2 Å². The standard InChI is InChI=1S/C27H31FN4O/c1-19(33)30-26-17-27(24-5-3-2-4-23(24)26)10-8-21(9-11-27)31-12-14-32(15-13-31)22-7-6-20(18-29)25(28)16-22/h2-7,16,21,26H,8-15,17H2,1H3,(H,30,33)/t21?,26-,27?/m0/s1. The van der Waals surface area contributed by atoms with Gasteiger partial charge in [-0.2, -0.15) is 5.26 Å². The summed E-state index contributed by atoms with van der Waals surface area (Å²) in [6.45, 7) is 5.31. The quantitative estimate of drug-likeness (QED) is 0.765. The predicted octanol–water partition coefficient (Wildman–Crippen LogP) is 4.28. The smallest absolute Gasteiger partial charge is 0.217 e. The second-order valence-corrected chi connectivity index (χ2v) is 9.85. The summed E-state index contributed by atoms with van der Waals surface area (Å²) in [4.78, 5) is 16.6. The highest BCUT2D eigenvalue weighted by molar-refractivity contribution is 5.74. The van der Waals surface area contributed by atoms with Crippen molar-refractivity contribution >= 4 is 11.6 Å². The van der Waals surface area contributed by atoms with Gasteiger partial charge in [0.25, 0.3) is 0 Å².